The minimum Gasteiger partial charge on any atom is -0.491 e. The number of thioether (sulfide) groups is 1. The van der Waals surface area contributed by atoms with Gasteiger partial charge in [-0.25, -0.2) is 0 Å². The Morgan fingerprint density at radius 2 is 1.48 bits per heavy atom. The molecule has 0 amide bonds. The number of hydrogen-bond donors (Lipinski definition) is 0. The zero-order chi connectivity index (χ0) is 20.5. The van der Waals surface area contributed by atoms with E-state index in [0.717, 1.165) is 18.1 Å². The van der Waals surface area contributed by atoms with Gasteiger partial charge in [-0.3, -0.25) is 0 Å². The van der Waals surface area contributed by atoms with E-state index < -0.39 is 0 Å². The molecule has 0 saturated heterocycles. The van der Waals surface area contributed by atoms with Gasteiger partial charge < -0.3 is 9.64 Å². The summed E-state index contributed by atoms with van der Waals surface area (Å²) in [4.78, 5) is 3.39. The highest BCUT2D eigenvalue weighted by Gasteiger charge is 2.18. The van der Waals surface area contributed by atoms with E-state index >= 15 is 0 Å². The van der Waals surface area contributed by atoms with E-state index in [1.54, 1.807) is 0 Å². The van der Waals surface area contributed by atoms with Crippen LogP contribution in [0.25, 0.3) is 10.7 Å². The van der Waals surface area contributed by atoms with Crippen LogP contribution in [0.15, 0.2) is 48.5 Å². The third-order valence-corrected chi connectivity index (χ3v) is 6.54. The summed E-state index contributed by atoms with van der Waals surface area (Å²) in [5, 5.41) is 0. The zero-order valence-electron chi connectivity index (χ0n) is 18.2. The number of nitrogens with zero attached hydrogens (tertiary/aromatic N) is 1. The van der Waals surface area contributed by atoms with Crippen LogP contribution >= 0.6 is 11.8 Å². The summed E-state index contributed by atoms with van der Waals surface area (Å²) in [5.41, 5.74) is 5.09. The maximum absolute atomic E-state index is 6.13. The molecule has 0 radical (unpaired) electrons. The molecule has 0 saturated carbocycles. The molecule has 0 unspecified atom stereocenters. The topological polar surface area (TPSA) is 12.5 Å². The molecule has 0 spiro atoms. The van der Waals surface area contributed by atoms with Gasteiger partial charge in [-0.2, -0.15) is 0 Å². The van der Waals surface area contributed by atoms with Crippen molar-refractivity contribution in [3.63, 3.8) is 0 Å². The molecule has 3 heteroatoms. The molecule has 0 fully saturated rings. The lowest BCUT2D eigenvalue weighted by atomic mass is 10.0. The minimum absolute atomic E-state index is 0.777. The van der Waals surface area contributed by atoms with Gasteiger partial charge in [0.1, 0.15) is 5.76 Å². The maximum atomic E-state index is 6.13. The van der Waals surface area contributed by atoms with E-state index in [1.165, 1.54) is 72.2 Å². The number of ether oxygens (including phenoxy) is 1. The molecule has 2 nitrogen and oxygen atoms in total. The van der Waals surface area contributed by atoms with Crippen LogP contribution in [-0.4, -0.2) is 26.5 Å². The van der Waals surface area contributed by atoms with Crippen LogP contribution in [0, 0.1) is 0 Å². The van der Waals surface area contributed by atoms with Crippen LogP contribution in [-0.2, 0) is 11.2 Å². The average molecular weight is 410 g/mol. The first-order chi connectivity index (χ1) is 14.2. The second-order valence-electron chi connectivity index (χ2n) is 8.01. The van der Waals surface area contributed by atoms with Gasteiger partial charge in [-0.05, 0) is 36.1 Å². The van der Waals surface area contributed by atoms with Crippen molar-refractivity contribution < 1.29 is 4.74 Å². The van der Waals surface area contributed by atoms with E-state index in [2.05, 4.69) is 74.4 Å². The van der Waals surface area contributed by atoms with Crippen molar-refractivity contribution in [2.75, 3.05) is 31.4 Å². The minimum atomic E-state index is 0.777. The first-order valence-corrected chi connectivity index (χ1v) is 12.0. The summed E-state index contributed by atoms with van der Waals surface area (Å²) in [6.07, 6.45) is 9.28. The van der Waals surface area contributed by atoms with Gasteiger partial charge in [0, 0.05) is 31.1 Å². The predicted molar refractivity (Wildman–Crippen MR) is 130 cm³/mol. The van der Waals surface area contributed by atoms with E-state index in [0.29, 0.717) is 0 Å². The number of benzene rings is 2. The Morgan fingerprint density at radius 1 is 0.828 bits per heavy atom. The third kappa shape index (κ3) is 6.30. The molecular weight excluding hydrogens is 374 g/mol. The van der Waals surface area contributed by atoms with Gasteiger partial charge in [-0.15, -0.1) is 11.8 Å². The molecule has 1 aliphatic heterocycles. The van der Waals surface area contributed by atoms with Gasteiger partial charge >= 0.3 is 0 Å². The van der Waals surface area contributed by atoms with Crippen molar-refractivity contribution in [1.82, 2.24) is 0 Å². The number of hydrogen-bond acceptors (Lipinski definition) is 3. The Labute approximate surface area is 181 Å². The number of rotatable bonds is 10. The summed E-state index contributed by atoms with van der Waals surface area (Å²) in [7, 11) is 4.15. The lowest BCUT2D eigenvalue weighted by Crippen LogP contribution is -2.09. The van der Waals surface area contributed by atoms with Gasteiger partial charge in [0.2, 0.25) is 0 Å². The van der Waals surface area contributed by atoms with Crippen molar-refractivity contribution in [3.8, 4) is 0 Å². The summed E-state index contributed by atoms with van der Waals surface area (Å²) in [6.45, 7) is 3.05. The van der Waals surface area contributed by atoms with Crippen molar-refractivity contribution >= 4 is 28.1 Å². The fourth-order valence-electron chi connectivity index (χ4n) is 3.69. The normalized spacial score (nSPS) is 14.0. The highest BCUT2D eigenvalue weighted by Crippen LogP contribution is 2.39. The molecule has 0 N–H and O–H groups in total. The average Bonchev–Trinajstić information content (AvgIpc) is 2.77. The Hall–Kier alpha value is -1.87. The quantitative estimate of drug-likeness (QED) is 0.384. The van der Waals surface area contributed by atoms with Crippen LogP contribution < -0.4 is 4.90 Å². The second-order valence-corrected chi connectivity index (χ2v) is 9.12. The second kappa shape index (κ2) is 11.3. The molecule has 0 atom stereocenters. The zero-order valence-corrected chi connectivity index (χ0v) is 19.1. The Balaban J connectivity index is 1.68. The molecule has 1 heterocycles. The SMILES string of the molecule is CCCCCCCCc1ccc(C2=C(c3ccc(N(C)C)cc3)SCCO2)cc1. The Bertz CT molecular complexity index is 777. The molecule has 156 valence electrons. The number of unbranched alkanes of at least 4 members (excludes halogenated alkanes) is 5. The molecule has 1 aliphatic rings. The van der Waals surface area contributed by atoms with E-state index in [-0.39, 0.29) is 0 Å². The largest absolute Gasteiger partial charge is 0.491 e. The predicted octanol–water partition coefficient (Wildman–Crippen LogP) is 7.24. The molecule has 29 heavy (non-hydrogen) atoms. The van der Waals surface area contributed by atoms with E-state index in [9.17, 15) is 0 Å². The summed E-state index contributed by atoms with van der Waals surface area (Å²) in [6, 6.07) is 17.8. The van der Waals surface area contributed by atoms with Crippen LogP contribution in [0.1, 0.15) is 62.1 Å². The summed E-state index contributed by atoms with van der Waals surface area (Å²) < 4.78 is 6.13. The number of aryl methyl sites for hydroxylation is 1. The van der Waals surface area contributed by atoms with Crippen molar-refractivity contribution in [3.05, 3.63) is 65.2 Å². The summed E-state index contributed by atoms with van der Waals surface area (Å²) in [5.74, 6) is 2.04. The molecule has 2 aromatic rings. The smallest absolute Gasteiger partial charge is 0.140 e. The molecule has 3 rings (SSSR count). The lowest BCUT2D eigenvalue weighted by Gasteiger charge is -2.22. The van der Waals surface area contributed by atoms with E-state index in [1.807, 2.05) is 11.8 Å². The maximum Gasteiger partial charge on any atom is 0.140 e. The highest BCUT2D eigenvalue weighted by molar-refractivity contribution is 8.08. The number of anilines is 1. The van der Waals surface area contributed by atoms with Gasteiger partial charge in [0.15, 0.2) is 0 Å². The molecule has 2 aromatic carbocycles. The van der Waals surface area contributed by atoms with Crippen molar-refractivity contribution in [2.45, 2.75) is 51.9 Å². The Morgan fingerprint density at radius 3 is 2.17 bits per heavy atom. The van der Waals surface area contributed by atoms with Crippen molar-refractivity contribution in [1.29, 1.82) is 0 Å². The van der Waals surface area contributed by atoms with E-state index in [4.69, 9.17) is 4.74 Å². The van der Waals surface area contributed by atoms with Crippen LogP contribution in [0.3, 0.4) is 0 Å². The molecular formula is C26H35NOS. The fourth-order valence-corrected chi connectivity index (χ4v) is 4.67. The van der Waals surface area contributed by atoms with Gasteiger partial charge in [-0.1, -0.05) is 75.4 Å². The molecule has 0 aromatic heterocycles. The van der Waals surface area contributed by atoms with Crippen LogP contribution in [0.4, 0.5) is 5.69 Å². The molecule has 0 bridgehead atoms. The van der Waals surface area contributed by atoms with Crippen LogP contribution in [0.2, 0.25) is 0 Å². The van der Waals surface area contributed by atoms with Gasteiger partial charge in [0.25, 0.3) is 0 Å². The van der Waals surface area contributed by atoms with Gasteiger partial charge in [0.05, 0.1) is 11.5 Å². The first kappa shape index (κ1) is 21.8. The third-order valence-electron chi connectivity index (χ3n) is 5.46. The molecule has 0 aliphatic carbocycles. The Kier molecular flexibility index (Phi) is 8.54. The monoisotopic (exact) mass is 409 g/mol. The lowest BCUT2D eigenvalue weighted by molar-refractivity contribution is 0.301. The standard InChI is InChI=1S/C26H35NOS/c1-4-5-6-7-8-9-10-21-11-13-22(14-12-21)25-26(29-20-19-28-25)23-15-17-24(18-16-23)27(2)3/h11-18H,4-10,19-20H2,1-3H3. The summed E-state index contributed by atoms with van der Waals surface area (Å²) >= 11 is 1.90. The first-order valence-electron chi connectivity index (χ1n) is 11.1. The van der Waals surface area contributed by atoms with Crippen LogP contribution in [0.5, 0.6) is 0 Å². The van der Waals surface area contributed by atoms with Crippen molar-refractivity contribution in [2.24, 2.45) is 0 Å². The fraction of sp³-hybridized carbons (Fsp3) is 0.462. The highest BCUT2D eigenvalue weighted by atomic mass is 32.2.